The first-order valence-electron chi connectivity index (χ1n) is 7.95. The topological polar surface area (TPSA) is 23.6 Å². The third kappa shape index (κ3) is 4.69. The van der Waals surface area contributed by atoms with Gasteiger partial charge in [-0.1, -0.05) is 46.9 Å². The second-order valence-corrected chi connectivity index (χ2v) is 7.05. The molecule has 0 unspecified atom stereocenters. The molecule has 130 valence electrons. The standard InChI is InChI=1S/C19H17Cl3N2O/c20-15-2-1-3-16(13-15)23-8-10-24(11-9-23)19(25)7-5-14-4-6-17(21)18(22)12-14/h1-7,12-13H,8-11H2/b7-5+. The van der Waals surface area contributed by atoms with E-state index < -0.39 is 0 Å². The monoisotopic (exact) mass is 394 g/mol. The Morgan fingerprint density at radius 3 is 2.36 bits per heavy atom. The van der Waals surface area contributed by atoms with Gasteiger partial charge in [0.05, 0.1) is 10.0 Å². The van der Waals surface area contributed by atoms with Crippen LogP contribution in [-0.2, 0) is 4.79 Å². The number of carbonyl (C=O) groups is 1. The summed E-state index contributed by atoms with van der Waals surface area (Å²) in [5.74, 6) is -0.00295. The summed E-state index contributed by atoms with van der Waals surface area (Å²) in [5, 5.41) is 1.70. The number of amides is 1. The molecule has 3 rings (SSSR count). The number of nitrogens with zero attached hydrogens (tertiary/aromatic N) is 2. The van der Waals surface area contributed by atoms with E-state index >= 15 is 0 Å². The van der Waals surface area contributed by atoms with E-state index in [4.69, 9.17) is 34.8 Å². The van der Waals surface area contributed by atoms with Crippen LogP contribution >= 0.6 is 34.8 Å². The van der Waals surface area contributed by atoms with E-state index in [2.05, 4.69) is 4.90 Å². The number of anilines is 1. The summed E-state index contributed by atoms with van der Waals surface area (Å²) < 4.78 is 0. The molecule has 1 aliphatic heterocycles. The van der Waals surface area contributed by atoms with Crippen molar-refractivity contribution in [3.05, 3.63) is 69.2 Å². The summed E-state index contributed by atoms with van der Waals surface area (Å²) in [5.41, 5.74) is 1.94. The van der Waals surface area contributed by atoms with Gasteiger partial charge >= 0.3 is 0 Å². The summed E-state index contributed by atoms with van der Waals surface area (Å²) in [7, 11) is 0. The normalized spacial score (nSPS) is 15.0. The lowest BCUT2D eigenvalue weighted by atomic mass is 10.2. The van der Waals surface area contributed by atoms with Gasteiger partial charge in [0.25, 0.3) is 0 Å². The van der Waals surface area contributed by atoms with Crippen LogP contribution in [0, 0.1) is 0 Å². The fourth-order valence-electron chi connectivity index (χ4n) is 2.75. The van der Waals surface area contributed by atoms with Crippen LogP contribution < -0.4 is 4.90 Å². The van der Waals surface area contributed by atoms with Gasteiger partial charge < -0.3 is 9.80 Å². The van der Waals surface area contributed by atoms with Crippen molar-refractivity contribution in [1.29, 1.82) is 0 Å². The third-order valence-electron chi connectivity index (χ3n) is 4.13. The number of halogens is 3. The number of hydrogen-bond donors (Lipinski definition) is 0. The molecule has 2 aromatic rings. The fourth-order valence-corrected chi connectivity index (χ4v) is 3.24. The van der Waals surface area contributed by atoms with Gasteiger partial charge in [0.15, 0.2) is 0 Å². The van der Waals surface area contributed by atoms with Crippen molar-refractivity contribution in [2.75, 3.05) is 31.1 Å². The van der Waals surface area contributed by atoms with E-state index in [9.17, 15) is 4.79 Å². The molecular weight excluding hydrogens is 379 g/mol. The Morgan fingerprint density at radius 1 is 0.920 bits per heavy atom. The van der Waals surface area contributed by atoms with Crippen LogP contribution in [-0.4, -0.2) is 37.0 Å². The second-order valence-electron chi connectivity index (χ2n) is 5.80. The molecule has 25 heavy (non-hydrogen) atoms. The molecule has 0 N–H and O–H groups in total. The first-order chi connectivity index (χ1) is 12.0. The van der Waals surface area contributed by atoms with Crippen LogP contribution in [0.15, 0.2) is 48.5 Å². The highest BCUT2D eigenvalue weighted by atomic mass is 35.5. The number of benzene rings is 2. The molecule has 0 radical (unpaired) electrons. The van der Waals surface area contributed by atoms with Crippen molar-refractivity contribution in [3.8, 4) is 0 Å². The van der Waals surface area contributed by atoms with Gasteiger partial charge in [-0.15, -0.1) is 0 Å². The number of rotatable bonds is 3. The zero-order valence-electron chi connectivity index (χ0n) is 13.5. The summed E-state index contributed by atoms with van der Waals surface area (Å²) in [6.07, 6.45) is 3.34. The highest BCUT2D eigenvalue weighted by Gasteiger charge is 2.19. The predicted molar refractivity (Wildman–Crippen MR) is 106 cm³/mol. The molecule has 1 aliphatic rings. The van der Waals surface area contributed by atoms with Gasteiger partial charge in [0, 0.05) is 43.0 Å². The molecule has 0 saturated carbocycles. The molecular formula is C19H17Cl3N2O. The molecule has 2 aromatic carbocycles. The quantitative estimate of drug-likeness (QED) is 0.682. The molecule has 1 saturated heterocycles. The summed E-state index contributed by atoms with van der Waals surface area (Å²) in [6, 6.07) is 13.1. The van der Waals surface area contributed by atoms with Crippen LogP contribution in [0.2, 0.25) is 15.1 Å². The van der Waals surface area contributed by atoms with Crippen molar-refractivity contribution in [2.45, 2.75) is 0 Å². The van der Waals surface area contributed by atoms with Crippen molar-refractivity contribution in [2.24, 2.45) is 0 Å². The van der Waals surface area contributed by atoms with Gasteiger partial charge in [-0.05, 0) is 42.0 Å². The molecule has 3 nitrogen and oxygen atoms in total. The molecule has 1 fully saturated rings. The minimum atomic E-state index is -0.00295. The van der Waals surface area contributed by atoms with Crippen molar-refractivity contribution < 1.29 is 4.79 Å². The average molecular weight is 396 g/mol. The Kier molecular flexibility index (Phi) is 5.89. The van der Waals surface area contributed by atoms with Gasteiger partial charge in [-0.25, -0.2) is 0 Å². The zero-order chi connectivity index (χ0) is 17.8. The maximum Gasteiger partial charge on any atom is 0.246 e. The first-order valence-corrected chi connectivity index (χ1v) is 9.09. The van der Waals surface area contributed by atoms with Crippen LogP contribution in [0.3, 0.4) is 0 Å². The Labute approximate surface area is 162 Å². The zero-order valence-corrected chi connectivity index (χ0v) is 15.7. The molecule has 6 heteroatoms. The Morgan fingerprint density at radius 2 is 1.68 bits per heavy atom. The maximum absolute atomic E-state index is 12.4. The Hall–Kier alpha value is -1.68. The Balaban J connectivity index is 1.58. The lowest BCUT2D eigenvalue weighted by Crippen LogP contribution is -2.48. The minimum absolute atomic E-state index is 0.00295. The van der Waals surface area contributed by atoms with Crippen molar-refractivity contribution >= 4 is 52.5 Å². The Bertz CT molecular complexity index is 799. The van der Waals surface area contributed by atoms with E-state index in [1.165, 1.54) is 0 Å². The third-order valence-corrected chi connectivity index (χ3v) is 5.10. The molecule has 0 bridgehead atoms. The second kappa shape index (κ2) is 8.13. The highest BCUT2D eigenvalue weighted by Crippen LogP contribution is 2.23. The minimum Gasteiger partial charge on any atom is -0.368 e. The summed E-state index contributed by atoms with van der Waals surface area (Å²) >= 11 is 17.9. The molecule has 0 spiro atoms. The first kappa shape index (κ1) is 18.1. The predicted octanol–water partition coefficient (Wildman–Crippen LogP) is 5.01. The molecule has 1 amide bonds. The summed E-state index contributed by atoms with van der Waals surface area (Å²) in [4.78, 5) is 16.4. The van der Waals surface area contributed by atoms with E-state index in [1.54, 1.807) is 24.3 Å². The fraction of sp³-hybridized carbons (Fsp3) is 0.211. The highest BCUT2D eigenvalue weighted by molar-refractivity contribution is 6.42. The lowest BCUT2D eigenvalue weighted by Gasteiger charge is -2.35. The number of carbonyl (C=O) groups excluding carboxylic acids is 1. The SMILES string of the molecule is O=C(/C=C/c1ccc(Cl)c(Cl)c1)N1CCN(c2cccc(Cl)c2)CC1. The van der Waals surface area contributed by atoms with Crippen LogP contribution in [0.25, 0.3) is 6.08 Å². The van der Waals surface area contributed by atoms with Gasteiger partial charge in [-0.3, -0.25) is 4.79 Å². The van der Waals surface area contributed by atoms with E-state index in [-0.39, 0.29) is 5.91 Å². The molecule has 0 aliphatic carbocycles. The van der Waals surface area contributed by atoms with Crippen molar-refractivity contribution in [1.82, 2.24) is 4.90 Å². The molecule has 1 heterocycles. The largest absolute Gasteiger partial charge is 0.368 e. The van der Waals surface area contributed by atoms with Crippen molar-refractivity contribution in [3.63, 3.8) is 0 Å². The number of piperazine rings is 1. The van der Waals surface area contributed by atoms with Gasteiger partial charge in [0.2, 0.25) is 5.91 Å². The smallest absolute Gasteiger partial charge is 0.246 e. The molecule has 0 atom stereocenters. The van der Waals surface area contributed by atoms with Crippen LogP contribution in [0.5, 0.6) is 0 Å². The average Bonchev–Trinajstić information content (AvgIpc) is 2.62. The van der Waals surface area contributed by atoms with Crippen LogP contribution in [0.4, 0.5) is 5.69 Å². The van der Waals surface area contributed by atoms with Crippen LogP contribution in [0.1, 0.15) is 5.56 Å². The van der Waals surface area contributed by atoms with Gasteiger partial charge in [-0.2, -0.15) is 0 Å². The van der Waals surface area contributed by atoms with Gasteiger partial charge in [0.1, 0.15) is 0 Å². The van der Waals surface area contributed by atoms with E-state index in [0.29, 0.717) is 23.1 Å². The van der Waals surface area contributed by atoms with E-state index in [0.717, 1.165) is 29.4 Å². The summed E-state index contributed by atoms with van der Waals surface area (Å²) in [6.45, 7) is 2.92. The lowest BCUT2D eigenvalue weighted by molar-refractivity contribution is -0.126. The number of hydrogen-bond acceptors (Lipinski definition) is 2. The molecule has 0 aromatic heterocycles. The van der Waals surface area contributed by atoms with E-state index in [1.807, 2.05) is 35.2 Å². The maximum atomic E-state index is 12.4.